The van der Waals surface area contributed by atoms with Gasteiger partial charge in [-0.3, -0.25) is 9.59 Å². The number of nitrogens with zero attached hydrogens (tertiary/aromatic N) is 2. The third-order valence-electron chi connectivity index (χ3n) is 4.52. The van der Waals surface area contributed by atoms with Crippen LogP contribution in [0.5, 0.6) is 0 Å². The molecule has 0 heterocycles. The fourth-order valence-electron chi connectivity index (χ4n) is 2.84. The maximum Gasteiger partial charge on any atom is 0.226 e. The lowest BCUT2D eigenvalue weighted by molar-refractivity contribution is -0.127. The molecule has 6 nitrogen and oxygen atoms in total. The molecule has 6 heteroatoms. The number of hydrogen-bond donors (Lipinski definition) is 2. The van der Waals surface area contributed by atoms with Crippen LogP contribution in [0.2, 0.25) is 0 Å². The number of rotatable bonds is 7. The average Bonchev–Trinajstić information content (AvgIpc) is 2.69. The Labute approximate surface area is 164 Å². The molecule has 0 aliphatic rings. The molecule has 0 saturated heterocycles. The normalized spacial score (nSPS) is 12.3. The van der Waals surface area contributed by atoms with Gasteiger partial charge in [-0.05, 0) is 43.5 Å². The number of benzene rings is 2. The molecule has 2 atom stereocenters. The Morgan fingerprint density at radius 1 is 1.25 bits per heavy atom. The highest BCUT2D eigenvalue weighted by Gasteiger charge is 2.24. The van der Waals surface area contributed by atoms with Gasteiger partial charge in [-0.2, -0.15) is 5.26 Å². The van der Waals surface area contributed by atoms with Gasteiger partial charge in [0.25, 0.3) is 0 Å². The van der Waals surface area contributed by atoms with E-state index in [1.807, 2.05) is 19.1 Å². The van der Waals surface area contributed by atoms with Gasteiger partial charge in [0.05, 0.1) is 36.8 Å². The Balaban J connectivity index is 2.02. The summed E-state index contributed by atoms with van der Waals surface area (Å²) in [6, 6.07) is 13.5. The fraction of sp³-hybridized carbons (Fsp3) is 0.273. The van der Waals surface area contributed by atoms with Crippen LogP contribution in [0.3, 0.4) is 0 Å². The summed E-state index contributed by atoms with van der Waals surface area (Å²) in [6.45, 7) is 10.3. The Kier molecular flexibility index (Phi) is 7.03. The molecule has 28 heavy (non-hydrogen) atoms. The van der Waals surface area contributed by atoms with E-state index in [1.165, 1.54) is 6.92 Å². The predicted molar refractivity (Wildman–Crippen MR) is 105 cm³/mol. The number of aliphatic hydroxyl groups excluding tert-OH is 1. The molecule has 0 radical (unpaired) electrons. The van der Waals surface area contributed by atoms with Crippen molar-refractivity contribution in [3.8, 4) is 6.07 Å². The van der Waals surface area contributed by atoms with E-state index in [9.17, 15) is 14.7 Å². The smallest absolute Gasteiger partial charge is 0.226 e. The molecule has 0 spiro atoms. The quantitative estimate of drug-likeness (QED) is 0.575. The molecule has 2 N–H and O–H groups in total. The molecule has 0 aromatic heterocycles. The first-order valence-corrected chi connectivity index (χ1v) is 8.81. The lowest BCUT2D eigenvalue weighted by Crippen LogP contribution is -2.40. The maximum absolute atomic E-state index is 12.5. The molecule has 0 aliphatic carbocycles. The summed E-state index contributed by atoms with van der Waals surface area (Å²) >= 11 is 0. The first-order chi connectivity index (χ1) is 13.3. The summed E-state index contributed by atoms with van der Waals surface area (Å²) < 4.78 is 0. The SMILES string of the molecule is [C-]#[N+]c1ccc(C[C@@H](C(=O)NCC(=O)c2ccc(C#N)cc2)[C@@H](C)O)cc1C. The molecule has 2 aromatic rings. The molecule has 2 rings (SSSR count). The molecule has 1 amide bonds. The third kappa shape index (κ3) is 5.26. The van der Waals surface area contributed by atoms with Gasteiger partial charge in [0, 0.05) is 5.56 Å². The lowest BCUT2D eigenvalue weighted by atomic mass is 9.93. The van der Waals surface area contributed by atoms with Crippen molar-refractivity contribution in [1.29, 1.82) is 5.26 Å². The minimum absolute atomic E-state index is 0.191. The summed E-state index contributed by atoms with van der Waals surface area (Å²) in [7, 11) is 0. The number of hydrogen-bond acceptors (Lipinski definition) is 4. The minimum Gasteiger partial charge on any atom is -0.393 e. The van der Waals surface area contributed by atoms with Crippen LogP contribution in [-0.2, 0) is 11.2 Å². The zero-order chi connectivity index (χ0) is 20.7. The standard InChI is InChI=1S/C22H21N3O3/c1-14-10-17(6-9-20(14)24-3)11-19(15(2)26)22(28)25-13-21(27)18-7-4-16(12-23)5-8-18/h4-10,15,19,26H,11,13H2,1-2H3,(H,25,28)/t15-,19-/m1/s1. The van der Waals surface area contributed by atoms with Crippen LogP contribution in [0.1, 0.15) is 34.0 Å². The topological polar surface area (TPSA) is 94.5 Å². The van der Waals surface area contributed by atoms with E-state index >= 15 is 0 Å². The average molecular weight is 375 g/mol. The van der Waals surface area contributed by atoms with Crippen molar-refractivity contribution in [3.05, 3.63) is 76.1 Å². The molecule has 0 aliphatic heterocycles. The second kappa shape index (κ2) is 9.45. The van der Waals surface area contributed by atoms with Gasteiger partial charge in [-0.15, -0.1) is 0 Å². The number of carbonyl (C=O) groups is 2. The van der Waals surface area contributed by atoms with Crippen LogP contribution < -0.4 is 5.32 Å². The van der Waals surface area contributed by atoms with Crippen LogP contribution in [-0.4, -0.2) is 29.4 Å². The number of amides is 1. The summed E-state index contributed by atoms with van der Waals surface area (Å²) in [4.78, 5) is 28.2. The van der Waals surface area contributed by atoms with Gasteiger partial charge in [0.2, 0.25) is 5.91 Å². The van der Waals surface area contributed by atoms with E-state index < -0.39 is 17.9 Å². The van der Waals surface area contributed by atoms with E-state index in [0.29, 0.717) is 23.2 Å². The van der Waals surface area contributed by atoms with Crippen molar-refractivity contribution in [1.82, 2.24) is 5.32 Å². The summed E-state index contributed by atoms with van der Waals surface area (Å²) in [5.74, 6) is -1.41. The van der Waals surface area contributed by atoms with Gasteiger partial charge >= 0.3 is 0 Å². The number of nitrogens with one attached hydrogen (secondary N) is 1. The summed E-state index contributed by atoms with van der Waals surface area (Å²) in [5, 5.41) is 21.4. The number of aryl methyl sites for hydroxylation is 1. The predicted octanol–water partition coefficient (Wildman–Crippen LogP) is 2.96. The summed E-state index contributed by atoms with van der Waals surface area (Å²) in [6.07, 6.45) is -0.598. The number of carbonyl (C=O) groups excluding carboxylic acids is 2. The number of aliphatic hydroxyl groups is 1. The third-order valence-corrected chi connectivity index (χ3v) is 4.52. The monoisotopic (exact) mass is 375 g/mol. The molecular formula is C22H21N3O3. The Morgan fingerprint density at radius 2 is 1.93 bits per heavy atom. The molecule has 0 saturated carbocycles. The van der Waals surface area contributed by atoms with Crippen molar-refractivity contribution in [3.63, 3.8) is 0 Å². The summed E-state index contributed by atoms with van der Waals surface area (Å²) in [5.41, 5.74) is 3.06. The first kappa shape index (κ1) is 20.8. The highest BCUT2D eigenvalue weighted by Crippen LogP contribution is 2.22. The second-order valence-electron chi connectivity index (χ2n) is 6.61. The van der Waals surface area contributed by atoms with Crippen LogP contribution in [0.15, 0.2) is 42.5 Å². The molecule has 0 fully saturated rings. The van der Waals surface area contributed by atoms with E-state index in [2.05, 4.69) is 10.2 Å². The number of ketones is 1. The van der Waals surface area contributed by atoms with Gasteiger partial charge in [0.1, 0.15) is 0 Å². The Bertz CT molecular complexity index is 950. The molecule has 142 valence electrons. The number of nitriles is 1. The number of Topliss-reactive ketones (excluding diaryl/α,β-unsaturated/α-hetero) is 1. The van der Waals surface area contributed by atoms with Crippen LogP contribution in [0.25, 0.3) is 4.85 Å². The second-order valence-corrected chi connectivity index (χ2v) is 6.61. The van der Waals surface area contributed by atoms with Crippen LogP contribution in [0.4, 0.5) is 5.69 Å². The lowest BCUT2D eigenvalue weighted by Gasteiger charge is -2.20. The molecule has 0 bridgehead atoms. The van der Waals surface area contributed by atoms with Crippen molar-refractivity contribution in [2.24, 2.45) is 5.92 Å². The van der Waals surface area contributed by atoms with Gasteiger partial charge in [0.15, 0.2) is 11.5 Å². The maximum atomic E-state index is 12.5. The minimum atomic E-state index is -0.897. The van der Waals surface area contributed by atoms with Gasteiger partial charge in [-0.1, -0.05) is 30.3 Å². The Morgan fingerprint density at radius 3 is 2.46 bits per heavy atom. The van der Waals surface area contributed by atoms with E-state index in [4.69, 9.17) is 11.8 Å². The highest BCUT2D eigenvalue weighted by atomic mass is 16.3. The van der Waals surface area contributed by atoms with Crippen LogP contribution in [0, 0.1) is 30.7 Å². The van der Waals surface area contributed by atoms with Crippen molar-refractivity contribution < 1.29 is 14.7 Å². The highest BCUT2D eigenvalue weighted by molar-refractivity contribution is 5.99. The zero-order valence-corrected chi connectivity index (χ0v) is 15.8. The first-order valence-electron chi connectivity index (χ1n) is 8.81. The Hall–Kier alpha value is -3.48. The van der Waals surface area contributed by atoms with Crippen molar-refractivity contribution >= 4 is 17.4 Å². The largest absolute Gasteiger partial charge is 0.393 e. The molecule has 0 unspecified atom stereocenters. The fourth-order valence-corrected chi connectivity index (χ4v) is 2.84. The van der Waals surface area contributed by atoms with Crippen molar-refractivity contribution in [2.45, 2.75) is 26.4 Å². The zero-order valence-electron chi connectivity index (χ0n) is 15.8. The van der Waals surface area contributed by atoms with Gasteiger partial charge < -0.3 is 10.4 Å². The van der Waals surface area contributed by atoms with E-state index in [1.54, 1.807) is 36.4 Å². The van der Waals surface area contributed by atoms with E-state index in [0.717, 1.165) is 11.1 Å². The van der Waals surface area contributed by atoms with Gasteiger partial charge in [-0.25, -0.2) is 4.85 Å². The van der Waals surface area contributed by atoms with Crippen molar-refractivity contribution in [2.75, 3.05) is 6.54 Å². The molecular weight excluding hydrogens is 354 g/mol. The molecule has 2 aromatic carbocycles. The van der Waals surface area contributed by atoms with E-state index in [-0.39, 0.29) is 12.3 Å². The van der Waals surface area contributed by atoms with Crippen LogP contribution >= 0.6 is 0 Å².